The van der Waals surface area contributed by atoms with Crippen molar-refractivity contribution in [2.75, 3.05) is 18.4 Å². The maximum atomic E-state index is 13.5. The zero-order valence-corrected chi connectivity index (χ0v) is 33.3. The fraction of sp³-hybridized carbons (Fsp3) is 0.255. The zero-order valence-electron chi connectivity index (χ0n) is 33.3. The number of aromatic nitrogens is 3. The molecule has 5 amide bonds. The summed E-state index contributed by atoms with van der Waals surface area (Å²) in [4.78, 5) is 70.1. The van der Waals surface area contributed by atoms with E-state index in [0.29, 0.717) is 41.8 Å². The fourth-order valence-corrected chi connectivity index (χ4v) is 8.90. The van der Waals surface area contributed by atoms with Crippen LogP contribution in [0.2, 0.25) is 0 Å². The maximum Gasteiger partial charge on any atom is 0.264 e. The van der Waals surface area contributed by atoms with Crippen LogP contribution < -0.4 is 21.4 Å². The normalized spacial score (nSPS) is 18.9. The van der Waals surface area contributed by atoms with E-state index in [1.807, 2.05) is 53.1 Å². The van der Waals surface area contributed by atoms with E-state index < -0.39 is 29.7 Å². The van der Waals surface area contributed by atoms with Crippen molar-refractivity contribution in [2.45, 2.75) is 63.3 Å². The molecular formula is C47H44N8O6. The number of aliphatic hydroxyl groups is 1. The lowest BCUT2D eigenvalue weighted by Crippen LogP contribution is -2.54. The molecule has 308 valence electrons. The lowest BCUT2D eigenvalue weighted by molar-refractivity contribution is -0.136. The van der Waals surface area contributed by atoms with Crippen molar-refractivity contribution < 1.29 is 29.1 Å². The molecule has 14 heteroatoms. The molecule has 4 heterocycles. The standard InChI is InChI=1S/C47H44N8O6/c48-42-40-38(29-8-3-1-4-9-29)41(30-10-5-2-6-11-30)53(43(40)51-27-54(42)32-18-20-33(56)21-19-32)26-28-14-16-31(17-15-28)44(58)50-25-24-49-35-13-7-12-34-39(35)47(61)55(46(34)60)36-22-23-37(57)52-45(36)59/h1-17,27,32-33,36,48-49,56H,18-26H2,(H,50,58)(H,52,57,59). The van der Waals surface area contributed by atoms with E-state index in [-0.39, 0.29) is 55.1 Å². The summed E-state index contributed by atoms with van der Waals surface area (Å²) in [6.07, 6.45) is 4.50. The molecule has 0 bridgehead atoms. The highest BCUT2D eigenvalue weighted by Gasteiger charge is 2.45. The molecule has 2 fully saturated rings. The summed E-state index contributed by atoms with van der Waals surface area (Å²) in [5, 5.41) is 28.8. The lowest BCUT2D eigenvalue weighted by Gasteiger charge is -2.27. The summed E-state index contributed by atoms with van der Waals surface area (Å²) in [6.45, 7) is 0.888. The summed E-state index contributed by atoms with van der Waals surface area (Å²) < 4.78 is 4.12. The van der Waals surface area contributed by atoms with Crippen LogP contribution in [0.5, 0.6) is 0 Å². The minimum Gasteiger partial charge on any atom is -0.393 e. The first-order valence-electron chi connectivity index (χ1n) is 20.6. The minimum absolute atomic E-state index is 0.0335. The molecule has 1 saturated carbocycles. The molecule has 1 unspecified atom stereocenters. The zero-order chi connectivity index (χ0) is 42.2. The highest BCUT2D eigenvalue weighted by Crippen LogP contribution is 2.40. The Morgan fingerprint density at radius 1 is 0.787 bits per heavy atom. The summed E-state index contributed by atoms with van der Waals surface area (Å²) in [5.41, 5.74) is 7.01. The molecule has 3 aliphatic rings. The van der Waals surface area contributed by atoms with Crippen molar-refractivity contribution in [3.8, 4) is 22.4 Å². The Morgan fingerprint density at radius 2 is 1.49 bits per heavy atom. The number of fused-ring (bicyclic) bond motifs is 2. The number of nitrogens with one attached hydrogen (secondary N) is 4. The van der Waals surface area contributed by atoms with E-state index in [2.05, 4.69) is 44.8 Å². The van der Waals surface area contributed by atoms with E-state index in [9.17, 15) is 34.5 Å². The second-order valence-corrected chi connectivity index (χ2v) is 15.8. The maximum absolute atomic E-state index is 13.5. The summed E-state index contributed by atoms with van der Waals surface area (Å²) in [6, 6.07) is 31.5. The predicted molar refractivity (Wildman–Crippen MR) is 227 cm³/mol. The fourth-order valence-electron chi connectivity index (χ4n) is 8.90. The van der Waals surface area contributed by atoms with Gasteiger partial charge in [0.05, 0.1) is 34.6 Å². The average molecular weight is 817 g/mol. The first kappa shape index (κ1) is 39.3. The van der Waals surface area contributed by atoms with E-state index in [4.69, 9.17) is 4.98 Å². The van der Waals surface area contributed by atoms with E-state index in [1.54, 1.807) is 30.6 Å². The first-order valence-corrected chi connectivity index (χ1v) is 20.6. The van der Waals surface area contributed by atoms with Gasteiger partial charge in [0.1, 0.15) is 17.2 Å². The Bertz CT molecular complexity index is 2760. The summed E-state index contributed by atoms with van der Waals surface area (Å²) >= 11 is 0. The molecule has 4 aromatic carbocycles. The molecule has 2 aliphatic heterocycles. The quantitative estimate of drug-likeness (QED) is 0.0846. The number of nitrogens with zero attached hydrogens (tertiary/aromatic N) is 4. The van der Waals surface area contributed by atoms with Crippen molar-refractivity contribution in [2.24, 2.45) is 0 Å². The topological polar surface area (TPSA) is 192 Å². The van der Waals surface area contributed by atoms with Crippen molar-refractivity contribution >= 4 is 46.3 Å². The number of hydrogen-bond donors (Lipinski definition) is 5. The van der Waals surface area contributed by atoms with Crippen molar-refractivity contribution in [3.05, 3.63) is 137 Å². The van der Waals surface area contributed by atoms with Crippen LogP contribution in [0.1, 0.15) is 81.2 Å². The highest BCUT2D eigenvalue weighted by atomic mass is 16.3. The van der Waals surface area contributed by atoms with Crippen LogP contribution >= 0.6 is 0 Å². The second-order valence-electron chi connectivity index (χ2n) is 15.8. The van der Waals surface area contributed by atoms with E-state index in [1.165, 1.54) is 6.07 Å². The molecule has 0 radical (unpaired) electrons. The number of benzene rings is 4. The Balaban J connectivity index is 0.932. The molecule has 0 spiro atoms. The number of anilines is 1. The lowest BCUT2D eigenvalue weighted by atomic mass is 9.93. The third-order valence-electron chi connectivity index (χ3n) is 12.0. The SMILES string of the molecule is N=c1c2c(-c3ccccc3)c(-c3ccccc3)n(Cc3ccc(C(=O)NCCNc4cccc5c4C(=O)N(C4CCC(=O)NC4=O)C5=O)cc3)c2ncn1C1CCC(O)CC1. The van der Waals surface area contributed by atoms with Crippen LogP contribution in [0, 0.1) is 5.41 Å². The van der Waals surface area contributed by atoms with Crippen molar-refractivity contribution in [3.63, 3.8) is 0 Å². The van der Waals surface area contributed by atoms with Crippen LogP contribution in [0.3, 0.4) is 0 Å². The third kappa shape index (κ3) is 7.39. The summed E-state index contributed by atoms with van der Waals surface area (Å²) in [7, 11) is 0. The van der Waals surface area contributed by atoms with Gasteiger partial charge in [-0.1, -0.05) is 78.9 Å². The average Bonchev–Trinajstić information content (AvgIpc) is 3.74. The number of piperidine rings is 1. The molecule has 14 nitrogen and oxygen atoms in total. The molecule has 61 heavy (non-hydrogen) atoms. The highest BCUT2D eigenvalue weighted by molar-refractivity contribution is 6.25. The minimum atomic E-state index is -1.06. The van der Waals surface area contributed by atoms with Gasteiger partial charge in [-0.05, 0) is 73.1 Å². The Kier molecular flexibility index (Phi) is 10.6. The van der Waals surface area contributed by atoms with Crippen LogP contribution in [-0.4, -0.2) is 78.9 Å². The number of hydrogen-bond acceptors (Lipinski definition) is 9. The van der Waals surface area contributed by atoms with Gasteiger partial charge in [0.15, 0.2) is 0 Å². The number of carbonyl (C=O) groups excluding carboxylic acids is 5. The number of aliphatic hydroxyl groups excluding tert-OH is 1. The van der Waals surface area contributed by atoms with Gasteiger partial charge in [-0.15, -0.1) is 0 Å². The van der Waals surface area contributed by atoms with Crippen LogP contribution in [0.15, 0.2) is 109 Å². The molecule has 5 N–H and O–H groups in total. The molecule has 2 aromatic heterocycles. The van der Waals surface area contributed by atoms with Gasteiger partial charge in [-0.2, -0.15) is 0 Å². The number of rotatable bonds is 11. The van der Waals surface area contributed by atoms with E-state index in [0.717, 1.165) is 51.1 Å². The van der Waals surface area contributed by atoms with Gasteiger partial charge in [0.25, 0.3) is 17.7 Å². The van der Waals surface area contributed by atoms with Gasteiger partial charge in [-0.25, -0.2) is 4.98 Å². The largest absolute Gasteiger partial charge is 0.393 e. The van der Waals surface area contributed by atoms with E-state index >= 15 is 0 Å². The predicted octanol–water partition coefficient (Wildman–Crippen LogP) is 5.42. The van der Waals surface area contributed by atoms with Gasteiger partial charge >= 0.3 is 0 Å². The summed E-state index contributed by atoms with van der Waals surface area (Å²) in [5.74, 6) is -2.59. The molecule has 1 aliphatic carbocycles. The van der Waals surface area contributed by atoms with Crippen LogP contribution in [0.4, 0.5) is 5.69 Å². The van der Waals surface area contributed by atoms with Gasteiger partial charge < -0.3 is 24.9 Å². The number of imide groups is 2. The Labute approximate surface area is 350 Å². The van der Waals surface area contributed by atoms with Crippen LogP contribution in [-0.2, 0) is 16.1 Å². The first-order chi connectivity index (χ1) is 29.7. The monoisotopic (exact) mass is 816 g/mol. The molecular weight excluding hydrogens is 773 g/mol. The molecule has 1 atom stereocenters. The van der Waals surface area contributed by atoms with Crippen molar-refractivity contribution in [1.82, 2.24) is 29.7 Å². The number of carbonyl (C=O) groups is 5. The Morgan fingerprint density at radius 3 is 2.20 bits per heavy atom. The molecule has 6 aromatic rings. The number of amides is 5. The van der Waals surface area contributed by atoms with Gasteiger partial charge in [0.2, 0.25) is 11.8 Å². The molecule has 9 rings (SSSR count). The third-order valence-corrected chi connectivity index (χ3v) is 12.0. The molecule has 1 saturated heterocycles. The van der Waals surface area contributed by atoms with Gasteiger partial charge in [-0.3, -0.25) is 39.6 Å². The second kappa shape index (κ2) is 16.5. The van der Waals surface area contributed by atoms with Crippen LogP contribution in [0.25, 0.3) is 33.4 Å². The Hall–Kier alpha value is -7.19. The smallest absolute Gasteiger partial charge is 0.264 e. The van der Waals surface area contributed by atoms with Gasteiger partial charge in [0, 0.05) is 48.9 Å². The van der Waals surface area contributed by atoms with Crippen molar-refractivity contribution in [1.29, 1.82) is 5.41 Å².